The molecule has 1 unspecified atom stereocenters. The summed E-state index contributed by atoms with van der Waals surface area (Å²) in [5, 5.41) is 2.44. The topological polar surface area (TPSA) is 29.1 Å². The van der Waals surface area contributed by atoms with Crippen molar-refractivity contribution >= 4 is 17.5 Å². The maximum absolute atomic E-state index is 12.7. The van der Waals surface area contributed by atoms with E-state index >= 15 is 0 Å². The van der Waals surface area contributed by atoms with E-state index in [1.807, 2.05) is 0 Å². The molecule has 1 amide bonds. The molecule has 0 saturated carbocycles. The van der Waals surface area contributed by atoms with Gasteiger partial charge in [-0.1, -0.05) is 19.1 Å². The fourth-order valence-electron chi connectivity index (χ4n) is 1.35. The Hall–Kier alpha value is -1.23. The molecule has 0 radical (unpaired) electrons. The molecule has 2 nitrogen and oxygen atoms in total. The van der Waals surface area contributed by atoms with Crippen molar-refractivity contribution in [3.05, 3.63) is 35.4 Å². The summed E-state index contributed by atoms with van der Waals surface area (Å²) in [6.45, 7) is 2.04. The predicted molar refractivity (Wildman–Crippen MR) is 63.7 cm³/mol. The molecule has 0 saturated heterocycles. The lowest BCUT2D eigenvalue weighted by Crippen LogP contribution is -2.30. The minimum absolute atomic E-state index is 0.00802. The Kier molecular flexibility index (Phi) is 5.02. The van der Waals surface area contributed by atoms with E-state index in [0.29, 0.717) is 5.88 Å². The number of carbonyl (C=O) groups is 1. The van der Waals surface area contributed by atoms with Crippen LogP contribution in [-0.4, -0.2) is 18.3 Å². The van der Waals surface area contributed by atoms with Crippen LogP contribution in [0.3, 0.4) is 0 Å². The van der Waals surface area contributed by atoms with Crippen LogP contribution in [0, 0.1) is 5.92 Å². The number of amides is 1. The molecule has 1 atom stereocenters. The molecule has 0 aliphatic rings. The molecule has 1 aromatic rings. The first-order valence-electron chi connectivity index (χ1n) is 5.36. The quantitative estimate of drug-likeness (QED) is 0.842. The Morgan fingerprint density at radius 3 is 2.56 bits per heavy atom. The van der Waals surface area contributed by atoms with Crippen LogP contribution < -0.4 is 5.32 Å². The van der Waals surface area contributed by atoms with E-state index < -0.39 is 17.6 Å². The number of halogens is 4. The summed E-state index contributed by atoms with van der Waals surface area (Å²) < 4.78 is 38.0. The second-order valence-electron chi connectivity index (χ2n) is 4.01. The first kappa shape index (κ1) is 14.8. The summed E-state index contributed by atoms with van der Waals surface area (Å²) in [4.78, 5) is 11.7. The number of hydrogen-bond donors (Lipinski definition) is 1. The lowest BCUT2D eigenvalue weighted by Gasteiger charge is -2.14. The Bertz CT molecular complexity index is 420. The van der Waals surface area contributed by atoms with Crippen molar-refractivity contribution in [1.29, 1.82) is 0 Å². The van der Waals surface area contributed by atoms with Gasteiger partial charge in [-0.15, -0.1) is 11.6 Å². The van der Waals surface area contributed by atoms with Gasteiger partial charge in [-0.25, -0.2) is 0 Å². The van der Waals surface area contributed by atoms with E-state index in [-0.39, 0.29) is 18.0 Å². The number of benzene rings is 1. The fraction of sp³-hybridized carbons (Fsp3) is 0.417. The SMILES string of the molecule is CC(CCl)CNC(=O)c1ccccc1C(F)(F)F. The zero-order valence-electron chi connectivity index (χ0n) is 9.72. The van der Waals surface area contributed by atoms with Crippen LogP contribution >= 0.6 is 11.6 Å². The molecule has 0 heterocycles. The normalized spacial score (nSPS) is 13.2. The Labute approximate surface area is 108 Å². The zero-order chi connectivity index (χ0) is 13.8. The van der Waals surface area contributed by atoms with Gasteiger partial charge in [-0.05, 0) is 18.1 Å². The first-order chi connectivity index (χ1) is 8.36. The Morgan fingerprint density at radius 1 is 1.39 bits per heavy atom. The van der Waals surface area contributed by atoms with Gasteiger partial charge in [-0.2, -0.15) is 13.2 Å². The van der Waals surface area contributed by atoms with Crippen LogP contribution in [0.5, 0.6) is 0 Å². The molecule has 0 spiro atoms. The van der Waals surface area contributed by atoms with Crippen molar-refractivity contribution in [3.63, 3.8) is 0 Å². The number of alkyl halides is 4. The summed E-state index contributed by atoms with van der Waals surface area (Å²) in [6.07, 6.45) is -4.54. The number of carbonyl (C=O) groups excluding carboxylic acids is 1. The van der Waals surface area contributed by atoms with Crippen molar-refractivity contribution in [2.24, 2.45) is 5.92 Å². The number of hydrogen-bond acceptors (Lipinski definition) is 1. The summed E-state index contributed by atoms with van der Waals surface area (Å²) in [7, 11) is 0. The molecule has 6 heteroatoms. The van der Waals surface area contributed by atoms with E-state index in [1.54, 1.807) is 6.92 Å². The van der Waals surface area contributed by atoms with Gasteiger partial charge in [0.2, 0.25) is 0 Å². The minimum atomic E-state index is -4.54. The highest BCUT2D eigenvalue weighted by atomic mass is 35.5. The second-order valence-corrected chi connectivity index (χ2v) is 4.32. The molecule has 100 valence electrons. The predicted octanol–water partition coefficient (Wildman–Crippen LogP) is 3.31. The molecule has 1 rings (SSSR count). The maximum atomic E-state index is 12.7. The molecule has 0 fully saturated rings. The van der Waals surface area contributed by atoms with Gasteiger partial charge < -0.3 is 5.32 Å². The van der Waals surface area contributed by atoms with Crippen molar-refractivity contribution in [1.82, 2.24) is 5.32 Å². The van der Waals surface area contributed by atoms with E-state index in [1.165, 1.54) is 12.1 Å². The van der Waals surface area contributed by atoms with E-state index in [0.717, 1.165) is 12.1 Å². The molecule has 0 bridgehead atoms. The molecule has 0 aliphatic heterocycles. The van der Waals surface area contributed by atoms with E-state index in [2.05, 4.69) is 5.32 Å². The van der Waals surface area contributed by atoms with Crippen LogP contribution in [-0.2, 0) is 6.18 Å². The largest absolute Gasteiger partial charge is 0.417 e. The standard InChI is InChI=1S/C12H13ClF3NO/c1-8(6-13)7-17-11(18)9-4-2-3-5-10(9)12(14,15)16/h2-5,8H,6-7H2,1H3,(H,17,18). The highest BCUT2D eigenvalue weighted by Crippen LogP contribution is 2.31. The van der Waals surface area contributed by atoms with Gasteiger partial charge in [0, 0.05) is 12.4 Å². The summed E-state index contributed by atoms with van der Waals surface area (Å²) in [5.41, 5.74) is -1.30. The molecule has 18 heavy (non-hydrogen) atoms. The Morgan fingerprint density at radius 2 is 2.00 bits per heavy atom. The van der Waals surface area contributed by atoms with Crippen molar-refractivity contribution in [2.75, 3.05) is 12.4 Å². The molecule has 0 aromatic heterocycles. The summed E-state index contributed by atoms with van der Waals surface area (Å²) in [5.74, 6) is -0.394. The van der Waals surface area contributed by atoms with Crippen molar-refractivity contribution in [3.8, 4) is 0 Å². The van der Waals surface area contributed by atoms with Gasteiger partial charge in [-0.3, -0.25) is 4.79 Å². The minimum Gasteiger partial charge on any atom is -0.352 e. The van der Waals surface area contributed by atoms with E-state index in [9.17, 15) is 18.0 Å². The first-order valence-corrected chi connectivity index (χ1v) is 5.90. The van der Waals surface area contributed by atoms with Crippen LogP contribution in [0.2, 0.25) is 0 Å². The average molecular weight is 280 g/mol. The zero-order valence-corrected chi connectivity index (χ0v) is 10.5. The van der Waals surface area contributed by atoms with Crippen LogP contribution in [0.15, 0.2) is 24.3 Å². The number of nitrogens with one attached hydrogen (secondary N) is 1. The average Bonchev–Trinajstić information content (AvgIpc) is 2.34. The van der Waals surface area contributed by atoms with Gasteiger partial charge >= 0.3 is 6.18 Å². The summed E-state index contributed by atoms with van der Waals surface area (Å²) in [6, 6.07) is 4.69. The lowest BCUT2D eigenvalue weighted by atomic mass is 10.1. The third-order valence-corrected chi connectivity index (χ3v) is 2.88. The van der Waals surface area contributed by atoms with Crippen molar-refractivity contribution in [2.45, 2.75) is 13.1 Å². The van der Waals surface area contributed by atoms with Crippen LogP contribution in [0.1, 0.15) is 22.8 Å². The molecule has 1 N–H and O–H groups in total. The van der Waals surface area contributed by atoms with Crippen LogP contribution in [0.4, 0.5) is 13.2 Å². The molecular weight excluding hydrogens is 267 g/mol. The molecule has 0 aliphatic carbocycles. The van der Waals surface area contributed by atoms with Gasteiger partial charge in [0.05, 0.1) is 11.1 Å². The second kappa shape index (κ2) is 6.09. The van der Waals surface area contributed by atoms with Gasteiger partial charge in [0.25, 0.3) is 5.91 Å². The van der Waals surface area contributed by atoms with Gasteiger partial charge in [0.1, 0.15) is 0 Å². The lowest BCUT2D eigenvalue weighted by molar-refractivity contribution is -0.137. The van der Waals surface area contributed by atoms with E-state index in [4.69, 9.17) is 11.6 Å². The highest BCUT2D eigenvalue weighted by molar-refractivity contribution is 6.18. The Balaban J connectivity index is 2.86. The summed E-state index contributed by atoms with van der Waals surface area (Å²) >= 11 is 5.55. The third kappa shape index (κ3) is 3.91. The number of rotatable bonds is 4. The monoisotopic (exact) mass is 279 g/mol. The van der Waals surface area contributed by atoms with Crippen LogP contribution in [0.25, 0.3) is 0 Å². The highest BCUT2D eigenvalue weighted by Gasteiger charge is 2.34. The van der Waals surface area contributed by atoms with Gasteiger partial charge in [0.15, 0.2) is 0 Å². The third-order valence-electron chi connectivity index (χ3n) is 2.35. The fourth-order valence-corrected chi connectivity index (χ4v) is 1.45. The molecular formula is C12H13ClF3NO. The molecule has 1 aromatic carbocycles. The van der Waals surface area contributed by atoms with Crippen molar-refractivity contribution < 1.29 is 18.0 Å². The smallest absolute Gasteiger partial charge is 0.352 e. The maximum Gasteiger partial charge on any atom is 0.417 e.